The summed E-state index contributed by atoms with van der Waals surface area (Å²) in [5.74, 6) is 0.0258. The van der Waals surface area contributed by atoms with Crippen molar-refractivity contribution in [2.45, 2.75) is 50.2 Å². The summed E-state index contributed by atoms with van der Waals surface area (Å²) >= 11 is 0. The van der Waals surface area contributed by atoms with Gasteiger partial charge in [0.15, 0.2) is 9.84 Å². The number of benzene rings is 1. The fourth-order valence-corrected chi connectivity index (χ4v) is 6.25. The first kappa shape index (κ1) is 20.4. The summed E-state index contributed by atoms with van der Waals surface area (Å²) in [5.41, 5.74) is 2.31. The number of para-hydroxylation sites is 1. The van der Waals surface area contributed by atoms with Crippen LogP contribution in [0.25, 0.3) is 10.9 Å². The first-order valence-electron chi connectivity index (χ1n) is 10.4. The fraction of sp³-hybridized carbons (Fsp3) is 0.571. The number of amides is 1. The van der Waals surface area contributed by atoms with Gasteiger partial charge in [0, 0.05) is 48.8 Å². The second-order valence-electron chi connectivity index (χ2n) is 8.12. The quantitative estimate of drug-likeness (QED) is 0.632. The summed E-state index contributed by atoms with van der Waals surface area (Å²) in [6.45, 7) is 1.39. The van der Waals surface area contributed by atoms with E-state index in [-0.39, 0.29) is 35.5 Å². The highest BCUT2D eigenvalue weighted by Gasteiger charge is 2.39. The molecule has 8 heteroatoms. The van der Waals surface area contributed by atoms with Gasteiger partial charge in [-0.3, -0.25) is 4.79 Å². The van der Waals surface area contributed by atoms with Crippen LogP contribution in [0.2, 0.25) is 0 Å². The first-order valence-corrected chi connectivity index (χ1v) is 12.2. The van der Waals surface area contributed by atoms with E-state index in [4.69, 9.17) is 4.74 Å². The zero-order valence-electron chi connectivity index (χ0n) is 16.5. The highest BCUT2D eigenvalue weighted by atomic mass is 32.2. The van der Waals surface area contributed by atoms with Gasteiger partial charge in [-0.2, -0.15) is 0 Å². The average molecular weight is 420 g/mol. The Morgan fingerprint density at radius 2 is 1.90 bits per heavy atom. The van der Waals surface area contributed by atoms with Gasteiger partial charge in [-0.1, -0.05) is 18.2 Å². The smallest absolute Gasteiger partial charge is 0.220 e. The van der Waals surface area contributed by atoms with Crippen molar-refractivity contribution >= 4 is 26.6 Å². The normalized spacial score (nSPS) is 24.7. The molecule has 2 aliphatic heterocycles. The lowest BCUT2D eigenvalue weighted by Gasteiger charge is -2.29. The van der Waals surface area contributed by atoms with Crippen molar-refractivity contribution in [2.75, 3.05) is 24.7 Å². The van der Waals surface area contributed by atoms with Gasteiger partial charge in [0.05, 0.1) is 17.5 Å². The van der Waals surface area contributed by atoms with Gasteiger partial charge in [0.2, 0.25) is 5.91 Å². The van der Waals surface area contributed by atoms with Gasteiger partial charge in [-0.15, -0.1) is 0 Å². The standard InChI is InChI=1S/C21H29N3O4S/c25-21(7-3-4-15-12-22-18-6-2-1-5-17(15)18)24-20-14-29(26,27)13-19(20)23-16-8-10-28-11-9-16/h1-2,5-6,12,16,19-20,22-23H,3-4,7-11,13-14H2,(H,24,25)/t19-,20+/m1/s1. The van der Waals surface area contributed by atoms with E-state index in [9.17, 15) is 13.2 Å². The van der Waals surface area contributed by atoms with E-state index in [0.717, 1.165) is 31.2 Å². The summed E-state index contributed by atoms with van der Waals surface area (Å²) in [7, 11) is -3.13. The van der Waals surface area contributed by atoms with E-state index in [2.05, 4.69) is 21.7 Å². The molecule has 0 spiro atoms. The number of hydrogen-bond acceptors (Lipinski definition) is 5. The Morgan fingerprint density at radius 3 is 2.72 bits per heavy atom. The monoisotopic (exact) mass is 419 g/mol. The summed E-state index contributed by atoms with van der Waals surface area (Å²) in [6, 6.07) is 7.80. The zero-order valence-corrected chi connectivity index (χ0v) is 17.3. The minimum absolute atomic E-state index is 0.0159. The van der Waals surface area contributed by atoms with Crippen LogP contribution in [0.15, 0.2) is 30.5 Å². The van der Waals surface area contributed by atoms with E-state index in [1.165, 1.54) is 10.9 Å². The molecular formula is C21H29N3O4S. The topological polar surface area (TPSA) is 100 Å². The van der Waals surface area contributed by atoms with Gasteiger partial charge < -0.3 is 20.4 Å². The van der Waals surface area contributed by atoms with Gasteiger partial charge >= 0.3 is 0 Å². The molecule has 3 N–H and O–H groups in total. The second kappa shape index (κ2) is 8.85. The highest BCUT2D eigenvalue weighted by Crippen LogP contribution is 2.20. The molecule has 1 aromatic carbocycles. The van der Waals surface area contributed by atoms with Gasteiger partial charge in [0.1, 0.15) is 0 Å². The average Bonchev–Trinajstić information content (AvgIpc) is 3.23. The number of H-pyrrole nitrogens is 1. The molecule has 2 saturated heterocycles. The van der Waals surface area contributed by atoms with Crippen LogP contribution < -0.4 is 10.6 Å². The Balaban J connectivity index is 1.29. The minimum atomic E-state index is -3.13. The van der Waals surface area contributed by atoms with E-state index in [1.807, 2.05) is 24.4 Å². The number of fused-ring (bicyclic) bond motifs is 1. The highest BCUT2D eigenvalue weighted by molar-refractivity contribution is 7.91. The number of nitrogens with one attached hydrogen (secondary N) is 3. The number of ether oxygens (including phenoxy) is 1. The van der Waals surface area contributed by atoms with Crippen molar-refractivity contribution in [1.82, 2.24) is 15.6 Å². The van der Waals surface area contributed by atoms with Crippen molar-refractivity contribution in [3.05, 3.63) is 36.0 Å². The van der Waals surface area contributed by atoms with Crippen LogP contribution in [0.5, 0.6) is 0 Å². The largest absolute Gasteiger partial charge is 0.381 e. The third-order valence-corrected chi connectivity index (χ3v) is 7.63. The molecule has 0 radical (unpaired) electrons. The maximum atomic E-state index is 12.5. The molecule has 1 aromatic heterocycles. The van der Waals surface area contributed by atoms with Crippen LogP contribution in [-0.2, 0) is 25.8 Å². The Labute approximate surface area is 171 Å². The minimum Gasteiger partial charge on any atom is -0.381 e. The molecule has 0 unspecified atom stereocenters. The molecule has 158 valence electrons. The molecule has 0 saturated carbocycles. The first-order chi connectivity index (χ1) is 14.0. The predicted molar refractivity (Wildman–Crippen MR) is 113 cm³/mol. The summed E-state index contributed by atoms with van der Waals surface area (Å²) in [4.78, 5) is 15.7. The second-order valence-corrected chi connectivity index (χ2v) is 10.3. The lowest BCUT2D eigenvalue weighted by Crippen LogP contribution is -2.53. The van der Waals surface area contributed by atoms with Crippen molar-refractivity contribution in [3.8, 4) is 0 Å². The Kier molecular flexibility index (Phi) is 6.22. The van der Waals surface area contributed by atoms with E-state index in [0.29, 0.717) is 19.6 Å². The predicted octanol–water partition coefficient (Wildman–Crippen LogP) is 1.54. The van der Waals surface area contributed by atoms with Crippen LogP contribution in [-0.4, -0.2) is 62.2 Å². The van der Waals surface area contributed by atoms with Crippen LogP contribution >= 0.6 is 0 Å². The molecule has 2 aliphatic rings. The Bertz CT molecular complexity index is 950. The number of carbonyl (C=O) groups is 1. The number of rotatable bonds is 7. The molecule has 0 bridgehead atoms. The zero-order chi connectivity index (χ0) is 20.3. The third kappa shape index (κ3) is 5.18. The number of aromatic nitrogens is 1. The van der Waals surface area contributed by atoms with Crippen LogP contribution in [0.4, 0.5) is 0 Å². The van der Waals surface area contributed by atoms with Crippen LogP contribution in [0.1, 0.15) is 31.2 Å². The number of sulfone groups is 1. The van der Waals surface area contributed by atoms with E-state index < -0.39 is 9.84 Å². The molecule has 7 nitrogen and oxygen atoms in total. The van der Waals surface area contributed by atoms with Crippen molar-refractivity contribution < 1.29 is 17.9 Å². The lowest BCUT2D eigenvalue weighted by molar-refractivity contribution is -0.121. The van der Waals surface area contributed by atoms with Gasteiger partial charge in [-0.05, 0) is 37.3 Å². The van der Waals surface area contributed by atoms with Crippen molar-refractivity contribution in [3.63, 3.8) is 0 Å². The third-order valence-electron chi connectivity index (χ3n) is 5.90. The summed E-state index contributed by atoms with van der Waals surface area (Å²) in [6.07, 6.45) is 5.68. The maximum absolute atomic E-state index is 12.5. The fourth-order valence-electron chi connectivity index (χ4n) is 4.38. The molecule has 2 fully saturated rings. The van der Waals surface area contributed by atoms with Crippen molar-refractivity contribution in [1.29, 1.82) is 0 Å². The van der Waals surface area contributed by atoms with E-state index >= 15 is 0 Å². The summed E-state index contributed by atoms with van der Waals surface area (Å²) < 4.78 is 29.7. The molecule has 29 heavy (non-hydrogen) atoms. The molecule has 3 heterocycles. The van der Waals surface area contributed by atoms with Gasteiger partial charge in [-0.25, -0.2) is 8.42 Å². The Morgan fingerprint density at radius 1 is 1.14 bits per heavy atom. The molecule has 0 aliphatic carbocycles. The molecule has 2 atom stereocenters. The van der Waals surface area contributed by atoms with Gasteiger partial charge in [0.25, 0.3) is 0 Å². The van der Waals surface area contributed by atoms with Crippen LogP contribution in [0.3, 0.4) is 0 Å². The number of carbonyl (C=O) groups excluding carboxylic acids is 1. The molecule has 2 aromatic rings. The molecule has 1 amide bonds. The van der Waals surface area contributed by atoms with Crippen LogP contribution in [0, 0.1) is 0 Å². The molecular weight excluding hydrogens is 390 g/mol. The molecule has 4 rings (SSSR count). The number of aromatic amines is 1. The van der Waals surface area contributed by atoms with E-state index in [1.54, 1.807) is 0 Å². The maximum Gasteiger partial charge on any atom is 0.220 e. The lowest BCUT2D eigenvalue weighted by atomic mass is 10.0. The summed E-state index contributed by atoms with van der Waals surface area (Å²) in [5, 5.41) is 7.61. The SMILES string of the molecule is O=C(CCCc1c[nH]c2ccccc12)N[C@H]1CS(=O)(=O)C[C@H]1NC1CCOCC1. The number of hydrogen-bond donors (Lipinski definition) is 3. The van der Waals surface area contributed by atoms with Crippen molar-refractivity contribution in [2.24, 2.45) is 0 Å². The number of aryl methyl sites for hydroxylation is 1. The Hall–Kier alpha value is -1.90.